The molecule has 2 atom stereocenters. The first-order valence-electron chi connectivity index (χ1n) is 6.48. The molecule has 1 aliphatic heterocycles. The van der Waals surface area contributed by atoms with Gasteiger partial charge in [-0.05, 0) is 19.8 Å². The van der Waals surface area contributed by atoms with Crippen LogP contribution in [0, 0.1) is 5.92 Å². The van der Waals surface area contributed by atoms with Crippen molar-refractivity contribution in [1.29, 1.82) is 0 Å². The molecule has 2 unspecified atom stereocenters. The lowest BCUT2D eigenvalue weighted by Crippen LogP contribution is -2.47. The first kappa shape index (κ1) is 19.0. The van der Waals surface area contributed by atoms with E-state index in [0.29, 0.717) is 29.6 Å². The Bertz CT molecular complexity index is 320. The van der Waals surface area contributed by atoms with E-state index in [4.69, 9.17) is 11.6 Å². The minimum atomic E-state index is 0. The van der Waals surface area contributed by atoms with Gasteiger partial charge in [-0.3, -0.25) is 9.89 Å². The van der Waals surface area contributed by atoms with E-state index >= 15 is 0 Å². The van der Waals surface area contributed by atoms with E-state index in [9.17, 15) is 0 Å². The van der Waals surface area contributed by atoms with E-state index in [-0.39, 0.29) is 24.0 Å². The molecule has 1 aliphatic rings. The third-order valence-corrected chi connectivity index (χ3v) is 3.50. The first-order chi connectivity index (χ1) is 8.43. The largest absolute Gasteiger partial charge is 0.352 e. The lowest BCUT2D eigenvalue weighted by Gasteiger charge is -2.21. The number of rotatable bonds is 4. The standard InChI is InChI=1S/C13H25ClN4.HI/c1-9(2)18-7-10(3)12(8-18)17-13(15-5)16-6-11(4)14;/h9-10,12H,4,6-8H2,1-3,5H3,(H2,15,16,17);1H. The number of halogens is 2. The average Bonchev–Trinajstić information content (AvgIpc) is 2.66. The lowest BCUT2D eigenvalue weighted by molar-refractivity contribution is 0.265. The van der Waals surface area contributed by atoms with Crippen molar-refractivity contribution in [2.24, 2.45) is 10.9 Å². The van der Waals surface area contributed by atoms with Crippen LogP contribution in [0.5, 0.6) is 0 Å². The Balaban J connectivity index is 0.00000324. The Morgan fingerprint density at radius 1 is 1.47 bits per heavy atom. The number of hydrogen-bond acceptors (Lipinski definition) is 2. The van der Waals surface area contributed by atoms with E-state index in [1.165, 1.54) is 0 Å². The summed E-state index contributed by atoms with van der Waals surface area (Å²) in [6, 6.07) is 1.03. The van der Waals surface area contributed by atoms with E-state index in [1.54, 1.807) is 7.05 Å². The van der Waals surface area contributed by atoms with Crippen molar-refractivity contribution in [3.63, 3.8) is 0 Å². The normalized spacial score (nSPS) is 24.2. The van der Waals surface area contributed by atoms with Crippen LogP contribution in [0.4, 0.5) is 0 Å². The van der Waals surface area contributed by atoms with Gasteiger partial charge in [0.1, 0.15) is 0 Å². The summed E-state index contributed by atoms with van der Waals surface area (Å²) < 4.78 is 0. The fourth-order valence-corrected chi connectivity index (χ4v) is 2.23. The third-order valence-electron chi connectivity index (χ3n) is 3.36. The molecule has 0 aromatic carbocycles. The highest BCUT2D eigenvalue weighted by Gasteiger charge is 2.31. The molecule has 0 aromatic rings. The highest BCUT2D eigenvalue weighted by Crippen LogP contribution is 2.18. The van der Waals surface area contributed by atoms with Crippen molar-refractivity contribution in [1.82, 2.24) is 15.5 Å². The molecule has 1 rings (SSSR count). The van der Waals surface area contributed by atoms with Crippen LogP contribution in [0.3, 0.4) is 0 Å². The molecule has 6 heteroatoms. The summed E-state index contributed by atoms with van der Waals surface area (Å²) in [6.45, 7) is 13.1. The minimum absolute atomic E-state index is 0. The van der Waals surface area contributed by atoms with Gasteiger partial charge in [-0.15, -0.1) is 24.0 Å². The number of likely N-dealkylation sites (tertiary alicyclic amines) is 1. The highest BCUT2D eigenvalue weighted by atomic mass is 127. The van der Waals surface area contributed by atoms with E-state index in [1.807, 2.05) is 0 Å². The number of aliphatic imine (C=N–C) groups is 1. The second kappa shape index (κ2) is 9.02. The van der Waals surface area contributed by atoms with Crippen molar-refractivity contribution >= 4 is 41.5 Å². The van der Waals surface area contributed by atoms with Gasteiger partial charge in [0.2, 0.25) is 0 Å². The second-order valence-corrected chi connectivity index (χ2v) is 5.75. The fourth-order valence-electron chi connectivity index (χ4n) is 2.16. The fraction of sp³-hybridized carbons (Fsp3) is 0.769. The molecule has 0 aromatic heterocycles. The molecule has 0 amide bonds. The van der Waals surface area contributed by atoms with Crippen LogP contribution < -0.4 is 10.6 Å². The van der Waals surface area contributed by atoms with Gasteiger partial charge in [0.25, 0.3) is 0 Å². The maximum atomic E-state index is 5.74. The van der Waals surface area contributed by atoms with Crippen LogP contribution in [-0.2, 0) is 0 Å². The van der Waals surface area contributed by atoms with Crippen LogP contribution in [0.25, 0.3) is 0 Å². The van der Waals surface area contributed by atoms with Crippen LogP contribution in [0.2, 0.25) is 0 Å². The van der Waals surface area contributed by atoms with Crippen LogP contribution in [0.1, 0.15) is 20.8 Å². The quantitative estimate of drug-likeness (QED) is 0.432. The number of nitrogens with one attached hydrogen (secondary N) is 2. The molecule has 0 saturated carbocycles. The molecule has 112 valence electrons. The maximum Gasteiger partial charge on any atom is 0.191 e. The van der Waals surface area contributed by atoms with Crippen LogP contribution in [-0.4, -0.2) is 49.6 Å². The number of hydrogen-bond donors (Lipinski definition) is 2. The molecule has 1 fully saturated rings. The predicted molar refractivity (Wildman–Crippen MR) is 94.6 cm³/mol. The summed E-state index contributed by atoms with van der Waals surface area (Å²) in [5.41, 5.74) is 0. The topological polar surface area (TPSA) is 39.7 Å². The second-order valence-electron chi connectivity index (χ2n) is 5.22. The molecule has 0 bridgehead atoms. The Morgan fingerprint density at radius 3 is 2.53 bits per heavy atom. The molecular formula is C13H26ClIN4. The van der Waals surface area contributed by atoms with Gasteiger partial charge in [-0.1, -0.05) is 25.1 Å². The van der Waals surface area contributed by atoms with Gasteiger partial charge in [-0.2, -0.15) is 0 Å². The molecule has 1 saturated heterocycles. The van der Waals surface area contributed by atoms with Crippen molar-refractivity contribution in [3.05, 3.63) is 11.6 Å². The third kappa shape index (κ3) is 6.31. The molecule has 0 radical (unpaired) electrons. The van der Waals surface area contributed by atoms with Gasteiger partial charge >= 0.3 is 0 Å². The van der Waals surface area contributed by atoms with Gasteiger partial charge in [0, 0.05) is 37.3 Å². The summed E-state index contributed by atoms with van der Waals surface area (Å²) >= 11 is 5.74. The zero-order valence-corrected chi connectivity index (χ0v) is 15.3. The monoisotopic (exact) mass is 400 g/mol. The van der Waals surface area contributed by atoms with Crippen LogP contribution in [0.15, 0.2) is 16.6 Å². The summed E-state index contributed by atoms with van der Waals surface area (Å²) in [6.07, 6.45) is 0. The Labute approximate surface area is 139 Å². The van der Waals surface area contributed by atoms with Gasteiger partial charge in [-0.25, -0.2) is 0 Å². The summed E-state index contributed by atoms with van der Waals surface area (Å²) in [5, 5.41) is 7.19. The Hall–Kier alpha value is -0.0100. The molecule has 4 nitrogen and oxygen atoms in total. The minimum Gasteiger partial charge on any atom is -0.352 e. The van der Waals surface area contributed by atoms with E-state index in [2.05, 4.69) is 47.9 Å². The molecular weight excluding hydrogens is 375 g/mol. The Kier molecular flexibility index (Phi) is 9.02. The Morgan fingerprint density at radius 2 is 2.11 bits per heavy atom. The average molecular weight is 401 g/mol. The zero-order chi connectivity index (χ0) is 13.7. The van der Waals surface area contributed by atoms with Crippen molar-refractivity contribution in [3.8, 4) is 0 Å². The molecule has 0 aliphatic carbocycles. The van der Waals surface area contributed by atoms with Gasteiger partial charge < -0.3 is 10.6 Å². The van der Waals surface area contributed by atoms with Crippen molar-refractivity contribution in [2.45, 2.75) is 32.9 Å². The first-order valence-corrected chi connectivity index (χ1v) is 6.86. The molecule has 1 heterocycles. The smallest absolute Gasteiger partial charge is 0.191 e. The highest BCUT2D eigenvalue weighted by molar-refractivity contribution is 14.0. The van der Waals surface area contributed by atoms with Gasteiger partial charge in [0.05, 0.1) is 6.54 Å². The van der Waals surface area contributed by atoms with Crippen molar-refractivity contribution in [2.75, 3.05) is 26.7 Å². The number of guanidine groups is 1. The number of nitrogens with zero attached hydrogens (tertiary/aromatic N) is 2. The SMILES string of the molecule is C=C(Cl)CNC(=NC)NC1CN(C(C)C)CC1C.I. The van der Waals surface area contributed by atoms with Crippen molar-refractivity contribution < 1.29 is 0 Å². The zero-order valence-electron chi connectivity index (χ0n) is 12.2. The summed E-state index contributed by atoms with van der Waals surface area (Å²) in [5.74, 6) is 1.41. The summed E-state index contributed by atoms with van der Waals surface area (Å²) in [4.78, 5) is 6.69. The van der Waals surface area contributed by atoms with E-state index < -0.39 is 0 Å². The lowest BCUT2D eigenvalue weighted by atomic mass is 10.1. The molecule has 2 N–H and O–H groups in total. The van der Waals surface area contributed by atoms with Gasteiger partial charge in [0.15, 0.2) is 5.96 Å². The maximum absolute atomic E-state index is 5.74. The van der Waals surface area contributed by atoms with Crippen LogP contribution >= 0.6 is 35.6 Å². The predicted octanol–water partition coefficient (Wildman–Crippen LogP) is 2.25. The molecule has 19 heavy (non-hydrogen) atoms. The van der Waals surface area contributed by atoms with E-state index in [0.717, 1.165) is 19.0 Å². The molecule has 0 spiro atoms. The summed E-state index contributed by atoms with van der Waals surface area (Å²) in [7, 11) is 1.77.